The van der Waals surface area contributed by atoms with Crippen molar-refractivity contribution in [1.82, 2.24) is 0 Å². The van der Waals surface area contributed by atoms with Gasteiger partial charge in [-0.05, 0) is 29.9 Å². The number of rotatable bonds is 7. The molecule has 2 atom stereocenters. The molecule has 0 bridgehead atoms. The number of ketones is 1. The summed E-state index contributed by atoms with van der Waals surface area (Å²) in [6.07, 6.45) is 0.523. The normalized spacial score (nSPS) is 17.9. The molecule has 0 aliphatic carbocycles. The number of ether oxygens (including phenoxy) is 1. The predicted molar refractivity (Wildman–Crippen MR) is 98.8 cm³/mol. The maximum atomic E-state index is 12.6. The molecule has 0 saturated heterocycles. The number of esters is 1. The lowest BCUT2D eigenvalue weighted by molar-refractivity contribution is -0.141. The van der Waals surface area contributed by atoms with Crippen LogP contribution in [-0.4, -0.2) is 23.0 Å². The minimum Gasteiger partial charge on any atom is -0.507 e. The van der Waals surface area contributed by atoms with Gasteiger partial charge in [0.1, 0.15) is 5.57 Å². The third-order valence-corrected chi connectivity index (χ3v) is 4.69. The van der Waals surface area contributed by atoms with Crippen LogP contribution < -0.4 is 0 Å². The maximum Gasteiger partial charge on any atom is 0.346 e. The summed E-state index contributed by atoms with van der Waals surface area (Å²) in [4.78, 5) is 24.7. The fraction of sp³-hybridized carbons (Fsp3) is 0.273. The van der Waals surface area contributed by atoms with E-state index in [9.17, 15) is 14.7 Å². The van der Waals surface area contributed by atoms with E-state index in [1.807, 2.05) is 67.6 Å². The van der Waals surface area contributed by atoms with Crippen molar-refractivity contribution in [3.8, 4) is 0 Å². The predicted octanol–water partition coefficient (Wildman–Crippen LogP) is 4.12. The number of aliphatic hydroxyl groups excluding tert-OH is 1. The summed E-state index contributed by atoms with van der Waals surface area (Å²) in [5, 5.41) is 10.4. The number of carbonyl (C=O) groups excluding carboxylic acids is 2. The van der Waals surface area contributed by atoms with E-state index in [0.29, 0.717) is 12.8 Å². The second-order valence-electron chi connectivity index (χ2n) is 6.62. The highest BCUT2D eigenvalue weighted by Crippen LogP contribution is 2.28. The third kappa shape index (κ3) is 4.02. The van der Waals surface area contributed by atoms with E-state index in [1.54, 1.807) is 0 Å². The van der Waals surface area contributed by atoms with Crippen LogP contribution in [0.3, 0.4) is 0 Å². The van der Waals surface area contributed by atoms with Crippen LogP contribution in [-0.2, 0) is 20.7 Å². The Kier molecular flexibility index (Phi) is 5.52. The molecule has 2 aromatic rings. The lowest BCUT2D eigenvalue weighted by Crippen LogP contribution is -2.14. The molecule has 0 radical (unpaired) electrons. The van der Waals surface area contributed by atoms with Crippen molar-refractivity contribution >= 4 is 11.8 Å². The maximum absolute atomic E-state index is 12.6. The zero-order valence-corrected chi connectivity index (χ0v) is 14.7. The average molecular weight is 350 g/mol. The highest BCUT2D eigenvalue weighted by Gasteiger charge is 2.38. The molecule has 134 valence electrons. The van der Waals surface area contributed by atoms with Gasteiger partial charge in [0.05, 0.1) is 0 Å². The lowest BCUT2D eigenvalue weighted by atomic mass is 9.92. The summed E-state index contributed by atoms with van der Waals surface area (Å²) in [5.74, 6) is -1.35. The van der Waals surface area contributed by atoms with Gasteiger partial charge >= 0.3 is 5.97 Å². The fourth-order valence-electron chi connectivity index (χ4n) is 3.18. The van der Waals surface area contributed by atoms with Crippen molar-refractivity contribution in [3.05, 3.63) is 83.1 Å². The molecule has 0 fully saturated rings. The summed E-state index contributed by atoms with van der Waals surface area (Å²) < 4.78 is 5.23. The molecule has 1 aliphatic rings. The van der Waals surface area contributed by atoms with Crippen molar-refractivity contribution < 1.29 is 19.4 Å². The number of carbonyl (C=O) groups is 2. The first kappa shape index (κ1) is 17.9. The van der Waals surface area contributed by atoms with Gasteiger partial charge in [0.15, 0.2) is 17.6 Å². The molecule has 1 heterocycles. The van der Waals surface area contributed by atoms with Crippen LogP contribution in [0.1, 0.15) is 36.8 Å². The Morgan fingerprint density at radius 1 is 1.08 bits per heavy atom. The molecule has 2 aromatic carbocycles. The van der Waals surface area contributed by atoms with E-state index >= 15 is 0 Å². The topological polar surface area (TPSA) is 63.6 Å². The number of benzene rings is 2. The quantitative estimate of drug-likeness (QED) is 0.603. The molecule has 26 heavy (non-hydrogen) atoms. The molecule has 1 aliphatic heterocycles. The van der Waals surface area contributed by atoms with E-state index in [2.05, 4.69) is 0 Å². The molecule has 1 N–H and O–H groups in total. The largest absolute Gasteiger partial charge is 0.507 e. The van der Waals surface area contributed by atoms with Crippen molar-refractivity contribution in [2.75, 3.05) is 0 Å². The van der Waals surface area contributed by atoms with Gasteiger partial charge in [-0.25, -0.2) is 4.79 Å². The van der Waals surface area contributed by atoms with Crippen LogP contribution >= 0.6 is 0 Å². The zero-order valence-electron chi connectivity index (χ0n) is 14.7. The summed E-state index contributed by atoms with van der Waals surface area (Å²) in [6.45, 7) is 1.93. The second kappa shape index (κ2) is 8.00. The number of aliphatic hydroxyl groups is 1. The minimum atomic E-state index is -0.742. The van der Waals surface area contributed by atoms with Gasteiger partial charge in [-0.1, -0.05) is 67.6 Å². The molecule has 0 spiro atoms. The highest BCUT2D eigenvalue weighted by molar-refractivity contribution is 6.19. The van der Waals surface area contributed by atoms with Gasteiger partial charge in [-0.3, -0.25) is 4.79 Å². The monoisotopic (exact) mass is 350 g/mol. The van der Waals surface area contributed by atoms with E-state index in [1.165, 1.54) is 0 Å². The number of Topliss-reactive ketones (excluding diaryl/α,β-unsaturated/α-hetero) is 1. The summed E-state index contributed by atoms with van der Waals surface area (Å²) in [7, 11) is 0. The molecule has 0 saturated carbocycles. The first-order valence-corrected chi connectivity index (χ1v) is 8.82. The molecule has 4 nitrogen and oxygen atoms in total. The van der Waals surface area contributed by atoms with Crippen molar-refractivity contribution in [2.24, 2.45) is 0 Å². The number of aryl methyl sites for hydroxylation is 1. The first-order chi connectivity index (χ1) is 12.6. The fourth-order valence-corrected chi connectivity index (χ4v) is 3.18. The Morgan fingerprint density at radius 3 is 2.35 bits per heavy atom. The van der Waals surface area contributed by atoms with Crippen molar-refractivity contribution in [1.29, 1.82) is 0 Å². The van der Waals surface area contributed by atoms with Crippen LogP contribution in [0, 0.1) is 0 Å². The molecule has 3 rings (SSSR count). The molecular formula is C22H22O4. The molecule has 2 unspecified atom stereocenters. The molecule has 0 aromatic heterocycles. The average Bonchev–Trinajstić information content (AvgIpc) is 2.95. The van der Waals surface area contributed by atoms with Crippen molar-refractivity contribution in [2.45, 2.75) is 38.2 Å². The van der Waals surface area contributed by atoms with Gasteiger partial charge in [0.2, 0.25) is 0 Å². The van der Waals surface area contributed by atoms with Gasteiger partial charge in [0.25, 0.3) is 0 Å². The smallest absolute Gasteiger partial charge is 0.346 e. The number of hydrogen-bond donors (Lipinski definition) is 1. The third-order valence-electron chi connectivity index (χ3n) is 4.69. The van der Waals surface area contributed by atoms with Crippen molar-refractivity contribution in [3.63, 3.8) is 0 Å². The Morgan fingerprint density at radius 2 is 1.69 bits per heavy atom. The Balaban J connectivity index is 1.66. The van der Waals surface area contributed by atoms with Crippen LogP contribution in [0.2, 0.25) is 0 Å². The van der Waals surface area contributed by atoms with E-state index in [4.69, 9.17) is 4.74 Å². The Labute approximate surface area is 153 Å². The molecule has 0 amide bonds. The van der Waals surface area contributed by atoms with E-state index in [-0.39, 0.29) is 29.5 Å². The van der Waals surface area contributed by atoms with Gasteiger partial charge in [-0.15, -0.1) is 0 Å². The Hall–Kier alpha value is -2.88. The highest BCUT2D eigenvalue weighted by atomic mass is 16.6. The van der Waals surface area contributed by atoms with Gasteiger partial charge in [-0.2, -0.15) is 0 Å². The standard InChI is InChI=1S/C22H22O4/c1-15(17-10-6-3-7-11-17)14-18(23)20-21(24)19(26-22(20)25)13-12-16-8-4-2-5-9-16/h2-11,15,19,24H,12-14H2,1H3. The zero-order chi connectivity index (χ0) is 18.5. The van der Waals surface area contributed by atoms with Crippen LogP contribution in [0.25, 0.3) is 0 Å². The number of cyclic esters (lactones) is 1. The number of hydrogen-bond acceptors (Lipinski definition) is 4. The minimum absolute atomic E-state index is 0.0415. The lowest BCUT2D eigenvalue weighted by Gasteiger charge is -2.10. The Bertz CT molecular complexity index is 809. The summed E-state index contributed by atoms with van der Waals surface area (Å²) in [5.41, 5.74) is 1.92. The molecular weight excluding hydrogens is 328 g/mol. The van der Waals surface area contributed by atoms with Crippen LogP contribution in [0.5, 0.6) is 0 Å². The molecule has 4 heteroatoms. The second-order valence-corrected chi connectivity index (χ2v) is 6.62. The first-order valence-electron chi connectivity index (χ1n) is 8.82. The SMILES string of the molecule is CC(CC(=O)C1=C(O)C(CCc2ccccc2)OC1=O)c1ccccc1. The summed E-state index contributed by atoms with van der Waals surface area (Å²) in [6, 6.07) is 19.4. The van der Waals surface area contributed by atoms with E-state index in [0.717, 1.165) is 11.1 Å². The summed E-state index contributed by atoms with van der Waals surface area (Å²) >= 11 is 0. The van der Waals surface area contributed by atoms with Crippen LogP contribution in [0.4, 0.5) is 0 Å². The van der Waals surface area contributed by atoms with Gasteiger partial charge in [0, 0.05) is 6.42 Å². The van der Waals surface area contributed by atoms with E-state index < -0.39 is 12.1 Å². The van der Waals surface area contributed by atoms with Crippen LogP contribution in [0.15, 0.2) is 72.0 Å². The van der Waals surface area contributed by atoms with Gasteiger partial charge < -0.3 is 9.84 Å².